The van der Waals surface area contributed by atoms with Crippen LogP contribution in [0.3, 0.4) is 0 Å². The van der Waals surface area contributed by atoms with Gasteiger partial charge in [-0.2, -0.15) is 0 Å². The molecule has 0 unspecified atom stereocenters. The molecule has 118 valence electrons. The molecule has 0 aliphatic heterocycles. The van der Waals surface area contributed by atoms with Gasteiger partial charge in [-0.05, 0) is 19.1 Å². The van der Waals surface area contributed by atoms with Crippen LogP contribution in [0.15, 0.2) is 42.4 Å². The first-order valence-electron chi connectivity index (χ1n) is 7.11. The van der Waals surface area contributed by atoms with Gasteiger partial charge < -0.3 is 10.6 Å². The highest BCUT2D eigenvalue weighted by Crippen LogP contribution is 2.10. The summed E-state index contributed by atoms with van der Waals surface area (Å²) < 4.78 is 1.79. The van der Waals surface area contributed by atoms with Crippen molar-refractivity contribution >= 4 is 23.1 Å². The molecule has 3 aromatic rings. The highest BCUT2D eigenvalue weighted by molar-refractivity contribution is 7.09. The van der Waals surface area contributed by atoms with E-state index in [9.17, 15) is 4.79 Å². The molecule has 8 heteroatoms. The fourth-order valence-corrected chi connectivity index (χ4v) is 2.76. The maximum absolute atomic E-state index is 11.8. The number of carbonyl (C=O) groups is 1. The van der Waals surface area contributed by atoms with E-state index in [1.807, 2.05) is 24.6 Å². The van der Waals surface area contributed by atoms with Crippen molar-refractivity contribution < 1.29 is 4.79 Å². The van der Waals surface area contributed by atoms with E-state index in [1.165, 1.54) is 0 Å². The van der Waals surface area contributed by atoms with E-state index < -0.39 is 0 Å². The third-order valence-electron chi connectivity index (χ3n) is 3.07. The number of hydrogen-bond acceptors (Lipinski definition) is 5. The van der Waals surface area contributed by atoms with Gasteiger partial charge in [0, 0.05) is 36.4 Å². The van der Waals surface area contributed by atoms with Gasteiger partial charge in [0.25, 0.3) is 0 Å². The minimum Gasteiger partial charge on any atom is -0.337 e. The Morgan fingerprint density at radius 2 is 2.30 bits per heavy atom. The first kappa shape index (κ1) is 15.2. The number of anilines is 1. The van der Waals surface area contributed by atoms with Crippen LogP contribution in [0, 0.1) is 6.92 Å². The maximum Gasteiger partial charge on any atom is 0.319 e. The molecule has 0 fully saturated rings. The molecule has 0 saturated carbocycles. The zero-order valence-electron chi connectivity index (χ0n) is 12.6. The quantitative estimate of drug-likeness (QED) is 0.753. The number of amides is 2. The van der Waals surface area contributed by atoms with E-state index in [0.29, 0.717) is 12.2 Å². The number of hydrogen-bond donors (Lipinski definition) is 2. The second-order valence-corrected chi connectivity index (χ2v) is 5.83. The number of aromatic nitrogens is 4. The summed E-state index contributed by atoms with van der Waals surface area (Å²) in [5.74, 6) is 0.743. The van der Waals surface area contributed by atoms with E-state index in [1.54, 1.807) is 40.7 Å². The number of nitrogens with zero attached hydrogens (tertiary/aromatic N) is 4. The van der Waals surface area contributed by atoms with Gasteiger partial charge in [0.1, 0.15) is 12.1 Å². The molecular formula is C15H16N6OS. The van der Waals surface area contributed by atoms with E-state index in [4.69, 9.17) is 0 Å². The predicted molar refractivity (Wildman–Crippen MR) is 88.9 cm³/mol. The van der Waals surface area contributed by atoms with Crippen molar-refractivity contribution in [1.82, 2.24) is 24.8 Å². The smallest absolute Gasteiger partial charge is 0.319 e. The zero-order valence-corrected chi connectivity index (χ0v) is 13.4. The van der Waals surface area contributed by atoms with Crippen LogP contribution in [0.4, 0.5) is 10.5 Å². The Labute approximate surface area is 137 Å². The van der Waals surface area contributed by atoms with Crippen molar-refractivity contribution in [2.24, 2.45) is 0 Å². The topological polar surface area (TPSA) is 84.7 Å². The van der Waals surface area contributed by atoms with Crippen LogP contribution in [-0.2, 0) is 6.42 Å². The van der Waals surface area contributed by atoms with Crippen molar-refractivity contribution in [3.8, 4) is 5.82 Å². The normalized spacial score (nSPS) is 10.5. The average Bonchev–Trinajstić information content (AvgIpc) is 3.20. The summed E-state index contributed by atoms with van der Waals surface area (Å²) in [6, 6.07) is 3.36. The van der Waals surface area contributed by atoms with Crippen LogP contribution in [0.1, 0.15) is 10.7 Å². The Morgan fingerprint density at radius 1 is 1.39 bits per heavy atom. The molecule has 0 saturated heterocycles. The van der Waals surface area contributed by atoms with Crippen LogP contribution in [0.5, 0.6) is 0 Å². The molecule has 2 amide bonds. The second-order valence-electron chi connectivity index (χ2n) is 4.89. The first-order valence-corrected chi connectivity index (χ1v) is 7.99. The molecule has 0 aliphatic rings. The molecule has 3 heterocycles. The molecule has 0 atom stereocenters. The van der Waals surface area contributed by atoms with Gasteiger partial charge in [-0.25, -0.2) is 19.7 Å². The maximum atomic E-state index is 11.8. The summed E-state index contributed by atoms with van der Waals surface area (Å²) in [5, 5.41) is 8.58. The first-order chi connectivity index (χ1) is 11.2. The number of imidazole rings is 1. The van der Waals surface area contributed by atoms with Crippen molar-refractivity contribution in [2.75, 3.05) is 11.9 Å². The van der Waals surface area contributed by atoms with Crippen LogP contribution < -0.4 is 10.6 Å². The summed E-state index contributed by atoms with van der Waals surface area (Å²) in [6.45, 7) is 2.50. The number of pyridine rings is 1. The van der Waals surface area contributed by atoms with E-state index >= 15 is 0 Å². The molecule has 0 bridgehead atoms. The van der Waals surface area contributed by atoms with Crippen LogP contribution in [0.2, 0.25) is 0 Å². The molecule has 0 radical (unpaired) electrons. The fraction of sp³-hybridized carbons (Fsp3) is 0.200. The highest BCUT2D eigenvalue weighted by atomic mass is 32.1. The molecule has 7 nitrogen and oxygen atoms in total. The van der Waals surface area contributed by atoms with E-state index in [2.05, 4.69) is 25.6 Å². The monoisotopic (exact) mass is 328 g/mol. The number of aryl methyl sites for hydroxylation is 1. The Kier molecular flexibility index (Phi) is 4.62. The van der Waals surface area contributed by atoms with Crippen molar-refractivity contribution in [1.29, 1.82) is 0 Å². The van der Waals surface area contributed by atoms with Crippen molar-refractivity contribution in [3.05, 3.63) is 53.1 Å². The van der Waals surface area contributed by atoms with Crippen LogP contribution in [-0.4, -0.2) is 32.1 Å². The molecule has 23 heavy (non-hydrogen) atoms. The Morgan fingerprint density at radius 3 is 2.96 bits per heavy atom. The van der Waals surface area contributed by atoms with Gasteiger partial charge in [0.05, 0.1) is 16.9 Å². The molecule has 3 aromatic heterocycles. The van der Waals surface area contributed by atoms with Gasteiger partial charge >= 0.3 is 6.03 Å². The lowest BCUT2D eigenvalue weighted by atomic mass is 10.4. The SMILES string of the molecule is Cc1csc(CCNC(=O)Nc2ccc(-n3ccnc3)nc2)n1. The Balaban J connectivity index is 1.48. The molecule has 3 rings (SSSR count). The fourth-order valence-electron chi connectivity index (χ4n) is 1.98. The zero-order chi connectivity index (χ0) is 16.1. The number of carbonyl (C=O) groups excluding carboxylic acids is 1. The lowest BCUT2D eigenvalue weighted by Crippen LogP contribution is -2.30. The summed E-state index contributed by atoms with van der Waals surface area (Å²) in [4.78, 5) is 24.4. The van der Waals surface area contributed by atoms with Crippen LogP contribution in [0.25, 0.3) is 5.82 Å². The minimum atomic E-state index is -0.254. The number of rotatable bonds is 5. The summed E-state index contributed by atoms with van der Waals surface area (Å²) in [5.41, 5.74) is 1.65. The summed E-state index contributed by atoms with van der Waals surface area (Å²) >= 11 is 1.61. The average molecular weight is 328 g/mol. The largest absolute Gasteiger partial charge is 0.337 e. The predicted octanol–water partition coefficient (Wildman–Crippen LogP) is 2.40. The van der Waals surface area contributed by atoms with Gasteiger partial charge in [-0.1, -0.05) is 0 Å². The van der Waals surface area contributed by atoms with Gasteiger partial charge in [0.15, 0.2) is 0 Å². The van der Waals surface area contributed by atoms with Gasteiger partial charge in [-0.15, -0.1) is 11.3 Å². The number of thiazole rings is 1. The van der Waals surface area contributed by atoms with E-state index in [-0.39, 0.29) is 6.03 Å². The third kappa shape index (κ3) is 4.13. The second kappa shape index (κ2) is 7.01. The van der Waals surface area contributed by atoms with Crippen LogP contribution >= 0.6 is 11.3 Å². The molecule has 0 aromatic carbocycles. The summed E-state index contributed by atoms with van der Waals surface area (Å²) in [7, 11) is 0. The Bertz CT molecular complexity index is 766. The van der Waals surface area contributed by atoms with Gasteiger partial charge in [-0.3, -0.25) is 4.57 Å². The summed E-state index contributed by atoms with van der Waals surface area (Å²) in [6.07, 6.45) is 7.50. The lowest BCUT2D eigenvalue weighted by molar-refractivity contribution is 0.252. The van der Waals surface area contributed by atoms with E-state index in [0.717, 1.165) is 22.9 Å². The third-order valence-corrected chi connectivity index (χ3v) is 4.09. The van der Waals surface area contributed by atoms with Crippen molar-refractivity contribution in [3.63, 3.8) is 0 Å². The van der Waals surface area contributed by atoms with Crippen molar-refractivity contribution in [2.45, 2.75) is 13.3 Å². The molecule has 0 spiro atoms. The number of nitrogens with one attached hydrogen (secondary N) is 2. The molecule has 0 aliphatic carbocycles. The number of urea groups is 1. The standard InChI is InChI=1S/C15H16N6OS/c1-11-9-23-14(19-11)4-5-17-15(22)20-12-2-3-13(18-8-12)21-7-6-16-10-21/h2-3,6-10H,4-5H2,1H3,(H2,17,20,22). The highest BCUT2D eigenvalue weighted by Gasteiger charge is 2.04. The lowest BCUT2D eigenvalue weighted by Gasteiger charge is -2.07. The van der Waals surface area contributed by atoms with Gasteiger partial charge in [0.2, 0.25) is 0 Å². The minimum absolute atomic E-state index is 0.254. The molecule has 2 N–H and O–H groups in total. The molecular weight excluding hydrogens is 312 g/mol. The Hall–Kier alpha value is -2.74.